The average Bonchev–Trinajstić information content (AvgIpc) is 2.80. The van der Waals surface area contributed by atoms with Crippen LogP contribution < -0.4 is 4.90 Å². The zero-order valence-corrected chi connectivity index (χ0v) is 18.5. The van der Waals surface area contributed by atoms with E-state index in [0.29, 0.717) is 39.3 Å². The molecule has 2 fully saturated rings. The summed E-state index contributed by atoms with van der Waals surface area (Å²) < 4.78 is 54.6. The Kier molecular flexibility index (Phi) is 6.15. The lowest BCUT2D eigenvalue weighted by Gasteiger charge is -2.35. The predicted molar refractivity (Wildman–Crippen MR) is 116 cm³/mol. The van der Waals surface area contributed by atoms with Gasteiger partial charge in [-0.05, 0) is 49.2 Å². The number of hydrogen-bond donors (Lipinski definition) is 0. The lowest BCUT2D eigenvalue weighted by Crippen LogP contribution is -2.48. The van der Waals surface area contributed by atoms with Crippen LogP contribution in [0.3, 0.4) is 0 Å². The van der Waals surface area contributed by atoms with E-state index in [1.54, 1.807) is 0 Å². The van der Waals surface area contributed by atoms with Crippen molar-refractivity contribution in [2.45, 2.75) is 29.1 Å². The van der Waals surface area contributed by atoms with E-state index >= 15 is 0 Å². The van der Waals surface area contributed by atoms with Crippen molar-refractivity contribution in [3.63, 3.8) is 0 Å². The van der Waals surface area contributed by atoms with Gasteiger partial charge in [-0.1, -0.05) is 24.6 Å². The molecule has 2 aromatic carbocycles. The van der Waals surface area contributed by atoms with E-state index in [0.717, 1.165) is 24.9 Å². The summed E-state index contributed by atoms with van der Waals surface area (Å²) in [4.78, 5) is 2.45. The SMILES string of the molecule is O=S(=O)(c1ccc(S(=O)(=O)N2CCN(c3ccccc3)CC2)cc1)N1CCCCC1. The number of para-hydroxylation sites is 1. The zero-order chi connectivity index (χ0) is 21.2. The topological polar surface area (TPSA) is 78.0 Å². The molecule has 0 bridgehead atoms. The van der Waals surface area contributed by atoms with Crippen LogP contribution >= 0.6 is 0 Å². The van der Waals surface area contributed by atoms with Crippen molar-refractivity contribution >= 4 is 25.7 Å². The van der Waals surface area contributed by atoms with Crippen molar-refractivity contribution in [1.29, 1.82) is 0 Å². The molecule has 30 heavy (non-hydrogen) atoms. The Hall–Kier alpha value is -1.94. The van der Waals surface area contributed by atoms with Gasteiger partial charge in [0.15, 0.2) is 0 Å². The van der Waals surface area contributed by atoms with Crippen LogP contribution in [-0.4, -0.2) is 64.7 Å². The predicted octanol–water partition coefficient (Wildman–Crippen LogP) is 2.37. The Morgan fingerprint density at radius 1 is 0.533 bits per heavy atom. The number of rotatable bonds is 5. The molecule has 162 valence electrons. The van der Waals surface area contributed by atoms with Crippen molar-refractivity contribution in [2.24, 2.45) is 0 Å². The molecule has 2 aliphatic rings. The van der Waals surface area contributed by atoms with E-state index in [4.69, 9.17) is 0 Å². The van der Waals surface area contributed by atoms with Gasteiger partial charge in [0.1, 0.15) is 0 Å². The van der Waals surface area contributed by atoms with Gasteiger partial charge in [-0.25, -0.2) is 16.8 Å². The van der Waals surface area contributed by atoms with Crippen molar-refractivity contribution in [1.82, 2.24) is 8.61 Å². The van der Waals surface area contributed by atoms with Crippen LogP contribution in [0.2, 0.25) is 0 Å². The van der Waals surface area contributed by atoms with Gasteiger partial charge in [0.2, 0.25) is 20.0 Å². The smallest absolute Gasteiger partial charge is 0.243 e. The molecule has 4 rings (SSSR count). The Bertz CT molecular complexity index is 1060. The van der Waals surface area contributed by atoms with Crippen LogP contribution in [0, 0.1) is 0 Å². The standard InChI is InChI=1S/C21H27N3O4S2/c25-29(26,23-13-5-2-6-14-23)20-9-11-21(12-10-20)30(27,28)24-17-15-22(16-18-24)19-7-3-1-4-8-19/h1,3-4,7-12H,2,5-6,13-18H2. The monoisotopic (exact) mass is 449 g/mol. The molecule has 0 aromatic heterocycles. The summed E-state index contributed by atoms with van der Waals surface area (Å²) in [6.45, 7) is 3.06. The summed E-state index contributed by atoms with van der Waals surface area (Å²) in [5.74, 6) is 0. The minimum atomic E-state index is -3.66. The van der Waals surface area contributed by atoms with E-state index < -0.39 is 20.0 Å². The molecule has 2 saturated heterocycles. The highest BCUT2D eigenvalue weighted by molar-refractivity contribution is 7.89. The van der Waals surface area contributed by atoms with Gasteiger partial charge in [0.05, 0.1) is 9.79 Å². The van der Waals surface area contributed by atoms with E-state index in [1.165, 1.54) is 32.9 Å². The fourth-order valence-corrected chi connectivity index (χ4v) is 6.95. The molecule has 2 aliphatic heterocycles. The van der Waals surface area contributed by atoms with Crippen molar-refractivity contribution in [2.75, 3.05) is 44.2 Å². The fourth-order valence-electron chi connectivity index (χ4n) is 4.01. The largest absolute Gasteiger partial charge is 0.369 e. The van der Waals surface area contributed by atoms with Crippen LogP contribution in [0.4, 0.5) is 5.69 Å². The maximum absolute atomic E-state index is 13.0. The van der Waals surface area contributed by atoms with Gasteiger partial charge in [-0.3, -0.25) is 0 Å². The van der Waals surface area contributed by atoms with E-state index in [1.807, 2.05) is 30.3 Å². The molecule has 0 amide bonds. The zero-order valence-electron chi connectivity index (χ0n) is 16.9. The number of anilines is 1. The highest BCUT2D eigenvalue weighted by Gasteiger charge is 2.30. The van der Waals surface area contributed by atoms with Gasteiger partial charge in [-0.2, -0.15) is 8.61 Å². The summed E-state index contributed by atoms with van der Waals surface area (Å²) >= 11 is 0. The Morgan fingerprint density at radius 2 is 1.00 bits per heavy atom. The van der Waals surface area contributed by atoms with Gasteiger partial charge < -0.3 is 4.90 Å². The van der Waals surface area contributed by atoms with Gasteiger partial charge in [0.25, 0.3) is 0 Å². The lowest BCUT2D eigenvalue weighted by atomic mass is 10.2. The summed E-state index contributed by atoms with van der Waals surface area (Å²) in [5, 5.41) is 0. The Labute approximate surface area is 179 Å². The molecule has 2 heterocycles. The van der Waals surface area contributed by atoms with Crippen LogP contribution in [0.5, 0.6) is 0 Å². The highest BCUT2D eigenvalue weighted by Crippen LogP contribution is 2.24. The van der Waals surface area contributed by atoms with Crippen molar-refractivity contribution in [3.8, 4) is 0 Å². The maximum Gasteiger partial charge on any atom is 0.243 e. The van der Waals surface area contributed by atoms with Gasteiger partial charge in [0, 0.05) is 45.0 Å². The average molecular weight is 450 g/mol. The summed E-state index contributed by atoms with van der Waals surface area (Å²) in [5.41, 5.74) is 1.09. The lowest BCUT2D eigenvalue weighted by molar-refractivity contribution is 0.346. The van der Waals surface area contributed by atoms with Crippen molar-refractivity contribution in [3.05, 3.63) is 54.6 Å². The first-order valence-corrected chi connectivity index (χ1v) is 13.2. The first-order chi connectivity index (χ1) is 14.4. The molecule has 2 aromatic rings. The van der Waals surface area contributed by atoms with Crippen LogP contribution in [0.15, 0.2) is 64.4 Å². The van der Waals surface area contributed by atoms with Gasteiger partial charge >= 0.3 is 0 Å². The Morgan fingerprint density at radius 3 is 1.50 bits per heavy atom. The normalized spacial score (nSPS) is 19.7. The number of sulfonamides is 2. The molecule has 0 atom stereocenters. The summed E-state index contributed by atoms with van der Waals surface area (Å²) in [6, 6.07) is 15.6. The van der Waals surface area contributed by atoms with Crippen LogP contribution in [-0.2, 0) is 20.0 Å². The fraction of sp³-hybridized carbons (Fsp3) is 0.429. The first kappa shape index (κ1) is 21.3. The molecule has 0 unspecified atom stereocenters. The molecule has 0 aliphatic carbocycles. The molecule has 9 heteroatoms. The number of nitrogens with zero attached hydrogens (tertiary/aromatic N) is 3. The number of piperazine rings is 1. The molecule has 0 N–H and O–H groups in total. The van der Waals surface area contributed by atoms with E-state index in [2.05, 4.69) is 4.90 Å². The van der Waals surface area contributed by atoms with Crippen LogP contribution in [0.1, 0.15) is 19.3 Å². The maximum atomic E-state index is 13.0. The molecular formula is C21H27N3O4S2. The van der Waals surface area contributed by atoms with E-state index in [9.17, 15) is 16.8 Å². The van der Waals surface area contributed by atoms with Crippen molar-refractivity contribution < 1.29 is 16.8 Å². The van der Waals surface area contributed by atoms with Gasteiger partial charge in [-0.15, -0.1) is 0 Å². The first-order valence-electron chi connectivity index (χ1n) is 10.3. The van der Waals surface area contributed by atoms with E-state index in [-0.39, 0.29) is 9.79 Å². The Balaban J connectivity index is 1.46. The number of hydrogen-bond acceptors (Lipinski definition) is 5. The quantitative estimate of drug-likeness (QED) is 0.700. The molecule has 7 nitrogen and oxygen atoms in total. The molecule has 0 saturated carbocycles. The summed E-state index contributed by atoms with van der Waals surface area (Å²) in [6.07, 6.45) is 2.77. The third-order valence-corrected chi connectivity index (χ3v) is 9.60. The molecule has 0 spiro atoms. The second-order valence-corrected chi connectivity index (χ2v) is 11.5. The third kappa shape index (κ3) is 4.25. The highest BCUT2D eigenvalue weighted by atomic mass is 32.2. The number of benzene rings is 2. The minimum absolute atomic E-state index is 0.133. The molecular weight excluding hydrogens is 422 g/mol. The number of piperidine rings is 1. The molecule has 0 radical (unpaired) electrons. The van der Waals surface area contributed by atoms with Crippen LogP contribution in [0.25, 0.3) is 0 Å². The minimum Gasteiger partial charge on any atom is -0.369 e. The summed E-state index contributed by atoms with van der Waals surface area (Å²) in [7, 11) is -7.23. The second-order valence-electron chi connectivity index (χ2n) is 7.66. The third-order valence-electron chi connectivity index (χ3n) is 5.77. The second kappa shape index (κ2) is 8.66.